The molecule has 1 aromatic heterocycles. The van der Waals surface area contributed by atoms with Gasteiger partial charge in [0, 0.05) is 43.8 Å². The predicted octanol–water partition coefficient (Wildman–Crippen LogP) is 4.90. The van der Waals surface area contributed by atoms with Crippen LogP contribution in [-0.2, 0) is 17.3 Å². The molecular weight excluding hydrogens is 430 g/mol. The van der Waals surface area contributed by atoms with Crippen LogP contribution in [0.3, 0.4) is 0 Å². The number of hydrogen-bond acceptors (Lipinski definition) is 6. The molecule has 9 heteroatoms. The number of ketones is 1. The fourth-order valence-electron chi connectivity index (χ4n) is 3.63. The maximum absolute atomic E-state index is 13.8. The van der Waals surface area contributed by atoms with E-state index in [0.29, 0.717) is 36.7 Å². The van der Waals surface area contributed by atoms with Gasteiger partial charge >= 0.3 is 0 Å². The molecule has 0 saturated heterocycles. The molecule has 7 nitrogen and oxygen atoms in total. The van der Waals surface area contributed by atoms with Crippen molar-refractivity contribution in [2.75, 3.05) is 5.32 Å². The van der Waals surface area contributed by atoms with Crippen molar-refractivity contribution >= 4 is 23.1 Å². The van der Waals surface area contributed by atoms with Crippen LogP contribution in [0.2, 0.25) is 0 Å². The Morgan fingerprint density at radius 2 is 1.79 bits per heavy atom. The normalized spacial score (nSPS) is 14.5. The van der Waals surface area contributed by atoms with Gasteiger partial charge in [-0.1, -0.05) is 30.3 Å². The number of rotatable bonds is 9. The van der Waals surface area contributed by atoms with Gasteiger partial charge in [-0.25, -0.2) is 8.78 Å². The summed E-state index contributed by atoms with van der Waals surface area (Å²) < 4.78 is 32.8. The number of amides is 1. The van der Waals surface area contributed by atoms with Crippen molar-refractivity contribution in [3.63, 3.8) is 0 Å². The lowest BCUT2D eigenvalue weighted by Crippen LogP contribution is -2.33. The van der Waals surface area contributed by atoms with Gasteiger partial charge in [0.2, 0.25) is 17.6 Å². The van der Waals surface area contributed by atoms with Crippen LogP contribution in [-0.4, -0.2) is 21.9 Å². The van der Waals surface area contributed by atoms with Gasteiger partial charge in [0.25, 0.3) is 11.8 Å². The Morgan fingerprint density at radius 1 is 1.09 bits per heavy atom. The van der Waals surface area contributed by atoms with E-state index in [1.54, 1.807) is 49.4 Å². The van der Waals surface area contributed by atoms with Crippen LogP contribution in [0.5, 0.6) is 0 Å². The third kappa shape index (κ3) is 5.24. The third-order valence-corrected chi connectivity index (χ3v) is 5.68. The van der Waals surface area contributed by atoms with Crippen molar-refractivity contribution in [3.8, 4) is 0 Å². The summed E-state index contributed by atoms with van der Waals surface area (Å²) in [5.41, 5.74) is 1.03. The predicted molar refractivity (Wildman–Crippen MR) is 117 cm³/mol. The van der Waals surface area contributed by atoms with Crippen molar-refractivity contribution in [2.24, 2.45) is 5.41 Å². The molecule has 4 rings (SSSR count). The third-order valence-electron chi connectivity index (χ3n) is 5.68. The van der Waals surface area contributed by atoms with Crippen molar-refractivity contribution in [1.29, 1.82) is 0 Å². The number of nitrogens with one attached hydrogen (secondary N) is 2. The van der Waals surface area contributed by atoms with Crippen molar-refractivity contribution in [1.82, 2.24) is 15.5 Å². The van der Waals surface area contributed by atoms with Crippen molar-refractivity contribution in [3.05, 3.63) is 71.4 Å². The second-order valence-corrected chi connectivity index (χ2v) is 8.45. The Hall–Kier alpha value is -3.62. The quantitative estimate of drug-likeness (QED) is 0.446. The van der Waals surface area contributed by atoms with Gasteiger partial charge in [-0.3, -0.25) is 9.59 Å². The molecule has 33 heavy (non-hydrogen) atoms. The van der Waals surface area contributed by atoms with E-state index >= 15 is 0 Å². The smallest absolute Gasteiger partial charge is 0.284 e. The van der Waals surface area contributed by atoms with Crippen LogP contribution in [0.25, 0.3) is 0 Å². The van der Waals surface area contributed by atoms with Gasteiger partial charge in [0.1, 0.15) is 0 Å². The summed E-state index contributed by atoms with van der Waals surface area (Å²) in [6.07, 6.45) is 1.29. The van der Waals surface area contributed by atoms with E-state index in [1.807, 2.05) is 0 Å². The minimum Gasteiger partial charge on any atom is -0.419 e. The van der Waals surface area contributed by atoms with Gasteiger partial charge < -0.3 is 15.1 Å². The number of aryl methyl sites for hydroxylation is 1. The maximum atomic E-state index is 13.8. The SMILES string of the molecule is Cc1nnc(C(=O)CC2(C(=O)NCc3ccc(Nc4ccccc4C(C)(F)F)cc3)CC2)o1. The number of nitrogens with zero attached hydrogens (tertiary/aromatic N) is 2. The molecule has 1 saturated carbocycles. The highest BCUT2D eigenvalue weighted by molar-refractivity contribution is 5.97. The first-order valence-electron chi connectivity index (χ1n) is 10.6. The lowest BCUT2D eigenvalue weighted by atomic mass is 9.98. The molecule has 0 aliphatic heterocycles. The number of halogens is 2. The number of alkyl halides is 2. The van der Waals surface area contributed by atoms with Crippen molar-refractivity contribution in [2.45, 2.75) is 45.6 Å². The summed E-state index contributed by atoms with van der Waals surface area (Å²) >= 11 is 0. The van der Waals surface area contributed by atoms with E-state index < -0.39 is 11.3 Å². The van der Waals surface area contributed by atoms with Gasteiger partial charge in [-0.15, -0.1) is 10.2 Å². The Morgan fingerprint density at radius 3 is 2.39 bits per heavy atom. The first kappa shape index (κ1) is 22.6. The Labute approximate surface area is 189 Å². The molecule has 2 aromatic carbocycles. The van der Waals surface area contributed by atoms with Crippen LogP contribution in [0, 0.1) is 12.3 Å². The minimum atomic E-state index is -2.96. The Balaban J connectivity index is 1.34. The number of hydrogen-bond donors (Lipinski definition) is 2. The molecule has 0 radical (unpaired) electrons. The zero-order chi connectivity index (χ0) is 23.6. The van der Waals surface area contributed by atoms with E-state index in [9.17, 15) is 18.4 Å². The van der Waals surface area contributed by atoms with Gasteiger partial charge in [-0.05, 0) is 36.6 Å². The average molecular weight is 454 g/mol. The number of carbonyl (C=O) groups is 2. The lowest BCUT2D eigenvalue weighted by molar-refractivity contribution is -0.126. The van der Waals surface area contributed by atoms with Gasteiger partial charge in [0.15, 0.2) is 0 Å². The number of benzene rings is 2. The van der Waals surface area contributed by atoms with Crippen LogP contribution in [0.15, 0.2) is 52.9 Å². The zero-order valence-corrected chi connectivity index (χ0v) is 18.3. The maximum Gasteiger partial charge on any atom is 0.284 e. The first-order chi connectivity index (χ1) is 15.7. The molecular formula is C24H24F2N4O3. The Kier molecular flexibility index (Phi) is 5.97. The molecule has 0 atom stereocenters. The lowest BCUT2D eigenvalue weighted by Gasteiger charge is -2.17. The standard InChI is InChI=1S/C24H24F2N4O3/c1-15-29-30-21(33-15)20(31)13-24(11-12-24)22(32)27-14-16-7-9-17(10-8-16)28-19-6-4-3-5-18(19)23(2,25)26/h3-10,28H,11-14H2,1-2H3,(H,27,32). The second kappa shape index (κ2) is 8.73. The highest BCUT2D eigenvalue weighted by atomic mass is 19.3. The van der Waals surface area contributed by atoms with Crippen LogP contribution in [0.4, 0.5) is 20.2 Å². The molecule has 0 spiro atoms. The summed E-state index contributed by atoms with van der Waals surface area (Å²) in [4.78, 5) is 25.0. The molecule has 172 valence electrons. The highest BCUT2D eigenvalue weighted by Gasteiger charge is 2.51. The molecule has 3 aromatic rings. The molecule has 1 fully saturated rings. The number of aromatic nitrogens is 2. The van der Waals surface area contributed by atoms with Gasteiger partial charge in [0.05, 0.1) is 5.41 Å². The fourth-order valence-corrected chi connectivity index (χ4v) is 3.63. The van der Waals surface area contributed by atoms with E-state index in [-0.39, 0.29) is 29.6 Å². The van der Waals surface area contributed by atoms with E-state index in [2.05, 4.69) is 20.8 Å². The summed E-state index contributed by atoms with van der Waals surface area (Å²) in [6.45, 7) is 2.75. The van der Waals surface area contributed by atoms with Crippen molar-refractivity contribution < 1.29 is 22.8 Å². The monoisotopic (exact) mass is 454 g/mol. The van der Waals surface area contributed by atoms with Gasteiger partial charge in [-0.2, -0.15) is 0 Å². The number of Topliss-reactive ketones (excluding diaryl/α,β-unsaturated/α-hetero) is 1. The molecule has 1 aliphatic carbocycles. The topological polar surface area (TPSA) is 97.1 Å². The molecule has 0 unspecified atom stereocenters. The largest absolute Gasteiger partial charge is 0.419 e. The molecule has 1 heterocycles. The van der Waals surface area contributed by atoms with E-state index in [1.165, 1.54) is 6.07 Å². The molecule has 2 N–H and O–H groups in total. The minimum absolute atomic E-state index is 0.0325. The van der Waals surface area contributed by atoms with Crippen LogP contribution < -0.4 is 10.6 Å². The van der Waals surface area contributed by atoms with E-state index in [4.69, 9.17) is 4.42 Å². The number of carbonyl (C=O) groups excluding carboxylic acids is 2. The van der Waals surface area contributed by atoms with E-state index in [0.717, 1.165) is 12.5 Å². The Bertz CT molecular complexity index is 1160. The molecule has 1 aliphatic rings. The molecule has 1 amide bonds. The van der Waals surface area contributed by atoms with Crippen LogP contribution >= 0.6 is 0 Å². The van der Waals surface area contributed by atoms with Crippen LogP contribution in [0.1, 0.15) is 53.9 Å². The first-order valence-corrected chi connectivity index (χ1v) is 10.6. The number of anilines is 2. The summed E-state index contributed by atoms with van der Waals surface area (Å²) in [5.74, 6) is -3.25. The summed E-state index contributed by atoms with van der Waals surface area (Å²) in [7, 11) is 0. The molecule has 0 bridgehead atoms. The zero-order valence-electron chi connectivity index (χ0n) is 18.3. The highest BCUT2D eigenvalue weighted by Crippen LogP contribution is 2.49. The summed E-state index contributed by atoms with van der Waals surface area (Å²) in [6, 6.07) is 13.4. The average Bonchev–Trinajstić information content (AvgIpc) is 3.43. The second-order valence-electron chi connectivity index (χ2n) is 8.45. The summed E-state index contributed by atoms with van der Waals surface area (Å²) in [5, 5.41) is 13.3. The number of para-hydroxylation sites is 1. The fraction of sp³-hybridized carbons (Fsp3) is 0.333.